The van der Waals surface area contributed by atoms with Crippen molar-refractivity contribution in [1.29, 1.82) is 0 Å². The van der Waals surface area contributed by atoms with Crippen LogP contribution in [0.2, 0.25) is 0 Å². The maximum Gasteiger partial charge on any atom is 2.00 e. The van der Waals surface area contributed by atoms with E-state index in [2.05, 4.69) is 10.1 Å². The van der Waals surface area contributed by atoms with Gasteiger partial charge in [0.15, 0.2) is 12.4 Å². The minimum atomic E-state index is -1.93. The van der Waals surface area contributed by atoms with Crippen molar-refractivity contribution in [1.82, 2.24) is 5.32 Å². The van der Waals surface area contributed by atoms with Gasteiger partial charge in [0.25, 0.3) is 5.91 Å². The number of carbonyl (C=O) groups is 3. The second kappa shape index (κ2) is 14.1. The Kier molecular flexibility index (Phi) is 13.5. The SMILES string of the molecule is N[C@@H]1CCCC[C@H]1N.O=C([O-])C(CCNC(=O)[C@H]1OC(O)[C@H](O)[C@@H](O)[C@@H]1O)C(=O)[O-].[Pt+2]. The standard InChI is InChI=1S/C11H17NO10.C6H14N2.Pt/c13-4-5(14)7(22-11(21)6(4)15)8(16)12-2-1-3(9(17)18)10(19)20;7-5-3-1-2-4-6(5)8;/h3-7,11,13-15,21H,1-2H2,(H,12,16)(H,17,18)(H,19,20);5-6H,1-4,7-8H2;/q;;+2/p-2/t4-,5-,6+,7-,11?;5-,6-;/m01./s1. The molecule has 1 aliphatic carbocycles. The molecule has 1 saturated heterocycles. The molecule has 0 aromatic rings. The van der Waals surface area contributed by atoms with Gasteiger partial charge in [0.05, 0.1) is 11.9 Å². The number of rotatable bonds is 6. The third-order valence-corrected chi connectivity index (χ3v) is 5.02. The van der Waals surface area contributed by atoms with Crippen LogP contribution in [0.15, 0.2) is 0 Å². The Balaban J connectivity index is 0.000000838. The number of carbonyl (C=O) groups excluding carboxylic acids is 3. The number of hydrogen-bond acceptors (Lipinski definition) is 12. The number of nitrogens with one attached hydrogen (secondary N) is 1. The summed E-state index contributed by atoms with van der Waals surface area (Å²) >= 11 is 0. The average Bonchev–Trinajstić information content (AvgIpc) is 2.68. The summed E-state index contributed by atoms with van der Waals surface area (Å²) in [5, 5.41) is 60.5. The van der Waals surface area contributed by atoms with E-state index in [4.69, 9.17) is 11.5 Å². The number of aliphatic carboxylic acids is 2. The molecule has 0 radical (unpaired) electrons. The first-order chi connectivity index (χ1) is 14.0. The quantitative estimate of drug-likeness (QED) is 0.135. The number of carboxylic acids is 2. The van der Waals surface area contributed by atoms with Gasteiger partial charge in [-0.2, -0.15) is 0 Å². The monoisotopic (exact) mass is 630 g/mol. The molecule has 0 spiro atoms. The van der Waals surface area contributed by atoms with Gasteiger partial charge in [-0.15, -0.1) is 0 Å². The van der Waals surface area contributed by atoms with Crippen molar-refractivity contribution in [3.05, 3.63) is 0 Å². The molecule has 13 nitrogen and oxygen atoms in total. The molecular weight excluding hydrogens is 601 g/mol. The number of ether oxygens (including phenoxy) is 1. The van der Waals surface area contributed by atoms with Crippen LogP contribution in [0.4, 0.5) is 0 Å². The molecule has 31 heavy (non-hydrogen) atoms. The maximum atomic E-state index is 11.7. The third-order valence-electron chi connectivity index (χ3n) is 5.02. The molecule has 2 fully saturated rings. The number of amides is 1. The molecule has 1 aliphatic heterocycles. The maximum absolute atomic E-state index is 11.7. The summed E-state index contributed by atoms with van der Waals surface area (Å²) in [5.41, 5.74) is 11.3. The van der Waals surface area contributed by atoms with Crippen molar-refractivity contribution in [3.8, 4) is 0 Å². The van der Waals surface area contributed by atoms with Crippen LogP contribution >= 0.6 is 0 Å². The number of aliphatic hydroxyl groups excluding tert-OH is 4. The van der Waals surface area contributed by atoms with Crippen LogP contribution in [0.5, 0.6) is 0 Å². The molecule has 14 heteroatoms. The molecule has 1 amide bonds. The fourth-order valence-corrected chi connectivity index (χ4v) is 3.04. The molecule has 0 aromatic carbocycles. The van der Waals surface area contributed by atoms with Crippen LogP contribution in [0.3, 0.4) is 0 Å². The normalized spacial score (nSPS) is 32.8. The summed E-state index contributed by atoms with van der Waals surface area (Å²) in [7, 11) is 0. The van der Waals surface area contributed by atoms with Crippen molar-refractivity contribution >= 4 is 17.8 Å². The van der Waals surface area contributed by atoms with Gasteiger partial charge in [-0.25, -0.2) is 0 Å². The van der Waals surface area contributed by atoms with Crippen molar-refractivity contribution < 1.29 is 70.8 Å². The smallest absolute Gasteiger partial charge is 0.549 e. The third kappa shape index (κ3) is 9.06. The molecule has 7 atom stereocenters. The molecule has 2 rings (SSSR count). The summed E-state index contributed by atoms with van der Waals surface area (Å²) in [6.07, 6.45) is -4.85. The molecule has 1 heterocycles. The first-order valence-electron chi connectivity index (χ1n) is 9.55. The Hall–Kier alpha value is -1.18. The van der Waals surface area contributed by atoms with Crippen molar-refractivity contribution in [3.63, 3.8) is 0 Å². The topological polar surface area (TPSA) is 252 Å². The average molecular weight is 631 g/mol. The Labute approximate surface area is 193 Å². The van der Waals surface area contributed by atoms with Gasteiger partial charge in [-0.3, -0.25) is 4.79 Å². The molecule has 182 valence electrons. The second-order valence-corrected chi connectivity index (χ2v) is 7.30. The van der Waals surface area contributed by atoms with E-state index in [0.717, 1.165) is 12.8 Å². The van der Waals surface area contributed by atoms with Gasteiger partial charge >= 0.3 is 21.1 Å². The van der Waals surface area contributed by atoms with Crippen LogP contribution < -0.4 is 27.0 Å². The Bertz CT molecular complexity index is 575. The van der Waals surface area contributed by atoms with Crippen LogP contribution in [-0.4, -0.2) is 87.6 Å². The molecule has 1 saturated carbocycles. The number of hydrogen-bond donors (Lipinski definition) is 7. The molecular formula is C17H29N3O10Pt. The van der Waals surface area contributed by atoms with E-state index < -0.39 is 67.4 Å². The Morgan fingerprint density at radius 3 is 1.84 bits per heavy atom. The van der Waals surface area contributed by atoms with E-state index in [9.17, 15) is 45.0 Å². The minimum Gasteiger partial charge on any atom is -0.549 e. The number of carboxylic acid groups (broad SMARTS) is 2. The Morgan fingerprint density at radius 2 is 1.42 bits per heavy atom. The number of aliphatic hydroxyl groups is 4. The fraction of sp³-hybridized carbons (Fsp3) is 0.824. The summed E-state index contributed by atoms with van der Waals surface area (Å²) in [6.45, 7) is -0.424. The largest absolute Gasteiger partial charge is 2.00 e. The first kappa shape index (κ1) is 29.8. The van der Waals surface area contributed by atoms with E-state index in [-0.39, 0.29) is 33.1 Å². The van der Waals surface area contributed by atoms with E-state index >= 15 is 0 Å². The van der Waals surface area contributed by atoms with Crippen LogP contribution in [0.1, 0.15) is 32.1 Å². The molecule has 0 aromatic heterocycles. The number of nitrogens with two attached hydrogens (primary N) is 2. The van der Waals surface area contributed by atoms with Gasteiger partial charge in [0.2, 0.25) is 0 Å². The van der Waals surface area contributed by atoms with Crippen LogP contribution in [-0.2, 0) is 40.2 Å². The summed E-state index contributed by atoms with van der Waals surface area (Å²) in [6, 6.07) is 0.562. The minimum absolute atomic E-state index is 0. The molecule has 2 aliphatic rings. The van der Waals surface area contributed by atoms with Crippen molar-refractivity contribution in [2.24, 2.45) is 17.4 Å². The van der Waals surface area contributed by atoms with Crippen molar-refractivity contribution in [2.75, 3.05) is 6.54 Å². The summed E-state index contributed by atoms with van der Waals surface area (Å²) in [4.78, 5) is 32.7. The zero-order valence-corrected chi connectivity index (χ0v) is 18.8. The summed E-state index contributed by atoms with van der Waals surface area (Å²) < 4.78 is 4.62. The predicted molar refractivity (Wildman–Crippen MR) is 94.4 cm³/mol. The molecule has 9 N–H and O–H groups in total. The van der Waals surface area contributed by atoms with Crippen LogP contribution in [0, 0.1) is 5.92 Å². The fourth-order valence-electron chi connectivity index (χ4n) is 3.04. The first-order valence-corrected chi connectivity index (χ1v) is 9.55. The van der Waals surface area contributed by atoms with E-state index in [1.165, 1.54) is 12.8 Å². The van der Waals surface area contributed by atoms with Crippen molar-refractivity contribution in [2.45, 2.75) is 74.9 Å². The van der Waals surface area contributed by atoms with Gasteiger partial charge in [0.1, 0.15) is 18.3 Å². The van der Waals surface area contributed by atoms with Gasteiger partial charge < -0.3 is 61.7 Å². The molecule has 1 unspecified atom stereocenters. The van der Waals surface area contributed by atoms with E-state index in [0.29, 0.717) is 0 Å². The van der Waals surface area contributed by atoms with Gasteiger partial charge in [-0.05, 0) is 19.3 Å². The zero-order valence-electron chi connectivity index (χ0n) is 16.6. The van der Waals surface area contributed by atoms with Gasteiger partial charge in [-0.1, -0.05) is 12.8 Å². The summed E-state index contributed by atoms with van der Waals surface area (Å²) in [5.74, 6) is -6.72. The van der Waals surface area contributed by atoms with E-state index in [1.807, 2.05) is 0 Å². The Morgan fingerprint density at radius 1 is 0.935 bits per heavy atom. The van der Waals surface area contributed by atoms with Gasteiger partial charge in [0, 0.05) is 24.5 Å². The van der Waals surface area contributed by atoms with E-state index in [1.54, 1.807) is 0 Å². The predicted octanol–water partition coefficient (Wildman–Crippen LogP) is -6.38. The molecule has 0 bridgehead atoms. The zero-order chi connectivity index (χ0) is 23.0. The van der Waals surface area contributed by atoms with Crippen LogP contribution in [0.25, 0.3) is 0 Å². The second-order valence-electron chi connectivity index (χ2n) is 7.30.